The van der Waals surface area contributed by atoms with Gasteiger partial charge in [0.2, 0.25) is 0 Å². The Balaban J connectivity index is 2.01. The third-order valence-corrected chi connectivity index (χ3v) is 4.40. The van der Waals surface area contributed by atoms with Crippen molar-refractivity contribution in [2.24, 2.45) is 0 Å². The molecule has 0 bridgehead atoms. The van der Waals surface area contributed by atoms with E-state index < -0.39 is 0 Å². The third-order valence-electron chi connectivity index (χ3n) is 4.40. The van der Waals surface area contributed by atoms with E-state index in [-0.39, 0.29) is 11.6 Å². The van der Waals surface area contributed by atoms with Crippen LogP contribution in [0.5, 0.6) is 0 Å². The van der Waals surface area contributed by atoms with E-state index in [2.05, 4.69) is 16.3 Å². The van der Waals surface area contributed by atoms with E-state index in [9.17, 15) is 10.1 Å². The largest absolute Gasteiger partial charge is 0.331 e. The molecule has 2 heterocycles. The van der Waals surface area contributed by atoms with E-state index >= 15 is 0 Å². The van der Waals surface area contributed by atoms with Gasteiger partial charge in [0.25, 0.3) is 0 Å². The molecule has 2 aliphatic heterocycles. The van der Waals surface area contributed by atoms with E-state index in [4.69, 9.17) is 0 Å². The molecule has 0 saturated carbocycles. The second kappa shape index (κ2) is 6.42. The smallest absolute Gasteiger partial charge is 0.319 e. The highest BCUT2D eigenvalue weighted by molar-refractivity contribution is 5.74. The predicted octanol–water partition coefficient (Wildman–Crippen LogP) is 0.321. The third kappa shape index (κ3) is 3.05. The summed E-state index contributed by atoms with van der Waals surface area (Å²) in [6.45, 7) is 5.23. The first-order valence-electron chi connectivity index (χ1n) is 7.42. The molecule has 0 unspecified atom stereocenters. The first kappa shape index (κ1) is 15.1. The molecule has 1 N–H and O–H groups in total. The van der Waals surface area contributed by atoms with Crippen LogP contribution in [-0.2, 0) is 0 Å². The fourth-order valence-corrected chi connectivity index (χ4v) is 3.12. The minimum atomic E-state index is -0.380. The number of carbonyl (C=O) groups is 1. The van der Waals surface area contributed by atoms with Crippen LogP contribution in [-0.4, -0.2) is 79.6 Å². The Kier molecular flexibility index (Phi) is 4.84. The maximum absolute atomic E-state index is 12.0. The molecule has 6 nitrogen and oxygen atoms in total. The zero-order valence-corrected chi connectivity index (χ0v) is 12.6. The van der Waals surface area contributed by atoms with Crippen LogP contribution in [0.1, 0.15) is 19.3 Å². The van der Waals surface area contributed by atoms with Crippen LogP contribution in [0.25, 0.3) is 0 Å². The summed E-state index contributed by atoms with van der Waals surface area (Å²) in [5, 5.41) is 13.1. The van der Waals surface area contributed by atoms with E-state index in [1.165, 1.54) is 0 Å². The van der Waals surface area contributed by atoms with Crippen molar-refractivity contribution in [3.05, 3.63) is 0 Å². The molecule has 0 aromatic heterocycles. The molecule has 6 heteroatoms. The fraction of sp³-hybridized carbons (Fsp3) is 0.857. The van der Waals surface area contributed by atoms with Gasteiger partial charge in [-0.1, -0.05) is 0 Å². The second-order valence-electron chi connectivity index (χ2n) is 5.90. The number of likely N-dealkylation sites (tertiary alicyclic amines) is 1. The van der Waals surface area contributed by atoms with Gasteiger partial charge in [0.15, 0.2) is 0 Å². The average molecular weight is 279 g/mol. The molecular formula is C14H25N5O. The molecule has 2 fully saturated rings. The van der Waals surface area contributed by atoms with Gasteiger partial charge in [0, 0.05) is 46.8 Å². The number of urea groups is 1. The Morgan fingerprint density at radius 3 is 2.50 bits per heavy atom. The van der Waals surface area contributed by atoms with Gasteiger partial charge in [-0.3, -0.25) is 4.90 Å². The number of piperidine rings is 1. The fourth-order valence-electron chi connectivity index (χ4n) is 3.12. The zero-order valence-electron chi connectivity index (χ0n) is 12.6. The summed E-state index contributed by atoms with van der Waals surface area (Å²) in [7, 11) is 3.55. The molecule has 2 aliphatic rings. The van der Waals surface area contributed by atoms with Crippen molar-refractivity contribution >= 4 is 6.03 Å². The quantitative estimate of drug-likeness (QED) is 0.751. The summed E-state index contributed by atoms with van der Waals surface area (Å²) in [5.41, 5.74) is -0.380. The number of carbonyl (C=O) groups excluding carboxylic acids is 1. The van der Waals surface area contributed by atoms with Crippen molar-refractivity contribution in [1.82, 2.24) is 20.0 Å². The van der Waals surface area contributed by atoms with Crippen molar-refractivity contribution in [3.8, 4) is 6.07 Å². The number of hydrogen-bond donors (Lipinski definition) is 1. The van der Waals surface area contributed by atoms with Crippen molar-refractivity contribution in [1.29, 1.82) is 5.26 Å². The van der Waals surface area contributed by atoms with Crippen LogP contribution in [0.3, 0.4) is 0 Å². The topological polar surface area (TPSA) is 62.6 Å². The summed E-state index contributed by atoms with van der Waals surface area (Å²) >= 11 is 0. The van der Waals surface area contributed by atoms with Gasteiger partial charge < -0.3 is 15.1 Å². The SMILES string of the molecule is CN(C)C(=O)N1CCC(C#N)(N2CCCNCC2)CC1. The number of nitrogens with zero attached hydrogens (tertiary/aromatic N) is 4. The predicted molar refractivity (Wildman–Crippen MR) is 77.3 cm³/mol. The maximum atomic E-state index is 12.0. The molecule has 0 aromatic carbocycles. The van der Waals surface area contributed by atoms with Crippen LogP contribution in [0.15, 0.2) is 0 Å². The highest BCUT2D eigenvalue weighted by Crippen LogP contribution is 2.29. The monoisotopic (exact) mass is 279 g/mol. The summed E-state index contributed by atoms with van der Waals surface area (Å²) in [4.78, 5) is 17.8. The molecular weight excluding hydrogens is 254 g/mol. The lowest BCUT2D eigenvalue weighted by Crippen LogP contribution is -2.57. The van der Waals surface area contributed by atoms with Gasteiger partial charge in [-0.2, -0.15) is 5.26 Å². The Labute approximate surface area is 121 Å². The van der Waals surface area contributed by atoms with Crippen LogP contribution < -0.4 is 5.32 Å². The van der Waals surface area contributed by atoms with Gasteiger partial charge in [-0.05, 0) is 25.8 Å². The molecule has 0 spiro atoms. The Bertz CT molecular complexity index is 374. The maximum Gasteiger partial charge on any atom is 0.319 e. The average Bonchev–Trinajstić information content (AvgIpc) is 2.76. The summed E-state index contributed by atoms with van der Waals surface area (Å²) in [6.07, 6.45) is 2.59. The normalized spacial score (nSPS) is 23.8. The van der Waals surface area contributed by atoms with E-state index in [0.717, 1.165) is 45.4 Å². The molecule has 0 radical (unpaired) electrons. The van der Waals surface area contributed by atoms with E-state index in [1.807, 2.05) is 4.90 Å². The number of nitrogens with one attached hydrogen (secondary N) is 1. The number of nitriles is 1. The molecule has 112 valence electrons. The summed E-state index contributed by atoms with van der Waals surface area (Å²) < 4.78 is 0. The standard InChI is InChI=1S/C14H25N5O/c1-17(2)13(20)18-9-4-14(12-15,5-10-18)19-8-3-6-16-7-11-19/h16H,3-11H2,1-2H3. The highest BCUT2D eigenvalue weighted by Gasteiger charge is 2.41. The van der Waals surface area contributed by atoms with Crippen LogP contribution in [0.2, 0.25) is 0 Å². The highest BCUT2D eigenvalue weighted by atomic mass is 16.2. The summed E-state index contributed by atoms with van der Waals surface area (Å²) in [5.74, 6) is 0. The molecule has 2 rings (SSSR count). The molecule has 0 aromatic rings. The number of hydrogen-bond acceptors (Lipinski definition) is 4. The minimum absolute atomic E-state index is 0.0501. The van der Waals surface area contributed by atoms with Crippen molar-refractivity contribution in [3.63, 3.8) is 0 Å². The molecule has 20 heavy (non-hydrogen) atoms. The second-order valence-corrected chi connectivity index (χ2v) is 5.90. The molecule has 2 amide bonds. The van der Waals surface area contributed by atoms with Crippen molar-refractivity contribution in [2.75, 3.05) is 53.4 Å². The first-order valence-corrected chi connectivity index (χ1v) is 7.42. The molecule has 0 atom stereocenters. The van der Waals surface area contributed by atoms with Gasteiger partial charge in [-0.25, -0.2) is 4.79 Å². The van der Waals surface area contributed by atoms with E-state index in [0.29, 0.717) is 13.1 Å². The van der Waals surface area contributed by atoms with Crippen LogP contribution >= 0.6 is 0 Å². The lowest BCUT2D eigenvalue weighted by Gasteiger charge is -2.44. The Morgan fingerprint density at radius 2 is 1.90 bits per heavy atom. The molecule has 0 aliphatic carbocycles. The lowest BCUT2D eigenvalue weighted by atomic mass is 9.87. The van der Waals surface area contributed by atoms with Gasteiger partial charge in [-0.15, -0.1) is 0 Å². The Hall–Kier alpha value is -1.32. The number of amides is 2. The first-order chi connectivity index (χ1) is 9.59. The van der Waals surface area contributed by atoms with Gasteiger partial charge >= 0.3 is 6.03 Å². The van der Waals surface area contributed by atoms with Gasteiger partial charge in [0.1, 0.15) is 5.54 Å². The molecule has 2 saturated heterocycles. The van der Waals surface area contributed by atoms with E-state index in [1.54, 1.807) is 19.0 Å². The van der Waals surface area contributed by atoms with Gasteiger partial charge in [0.05, 0.1) is 6.07 Å². The summed E-state index contributed by atoms with van der Waals surface area (Å²) in [6, 6.07) is 2.60. The van der Waals surface area contributed by atoms with Crippen LogP contribution in [0, 0.1) is 11.3 Å². The van der Waals surface area contributed by atoms with Crippen molar-refractivity contribution < 1.29 is 4.79 Å². The number of rotatable bonds is 1. The minimum Gasteiger partial charge on any atom is -0.331 e. The zero-order chi connectivity index (χ0) is 14.6. The Morgan fingerprint density at radius 1 is 1.20 bits per heavy atom. The van der Waals surface area contributed by atoms with Crippen LogP contribution in [0.4, 0.5) is 4.79 Å². The van der Waals surface area contributed by atoms with Crippen molar-refractivity contribution in [2.45, 2.75) is 24.8 Å². The lowest BCUT2D eigenvalue weighted by molar-refractivity contribution is 0.0703.